The van der Waals surface area contributed by atoms with Gasteiger partial charge >= 0.3 is 11.9 Å². The van der Waals surface area contributed by atoms with Crippen LogP contribution in [0.5, 0.6) is 0 Å². The molecule has 2 saturated carbocycles. The van der Waals surface area contributed by atoms with Crippen molar-refractivity contribution in [2.45, 2.75) is 109 Å². The largest absolute Gasteiger partial charge is 0.455 e. The lowest BCUT2D eigenvalue weighted by Crippen LogP contribution is -2.66. The number of aliphatic hydroxyl groups is 3. The van der Waals surface area contributed by atoms with E-state index in [4.69, 9.17) is 9.47 Å². The summed E-state index contributed by atoms with van der Waals surface area (Å²) in [6.07, 6.45) is 19.8. The predicted octanol–water partition coefficient (Wildman–Crippen LogP) is 5.08. The van der Waals surface area contributed by atoms with Gasteiger partial charge < -0.3 is 24.8 Å². The Bertz CT molecular complexity index is 1290. The van der Waals surface area contributed by atoms with Gasteiger partial charge in [0.2, 0.25) is 0 Å². The van der Waals surface area contributed by atoms with Gasteiger partial charge in [-0.1, -0.05) is 95.9 Å². The zero-order valence-corrected chi connectivity index (χ0v) is 27.0. The van der Waals surface area contributed by atoms with Gasteiger partial charge in [0.1, 0.15) is 11.7 Å². The maximum atomic E-state index is 13.3. The van der Waals surface area contributed by atoms with Crippen molar-refractivity contribution in [1.29, 1.82) is 0 Å². The molecule has 8 atom stereocenters. The molecule has 44 heavy (non-hydrogen) atoms. The van der Waals surface area contributed by atoms with Crippen LogP contribution in [0.3, 0.4) is 0 Å². The molecule has 0 saturated heterocycles. The van der Waals surface area contributed by atoms with Gasteiger partial charge in [-0.2, -0.15) is 0 Å². The summed E-state index contributed by atoms with van der Waals surface area (Å²) in [5, 5.41) is 34.7. The number of esters is 2. The maximum Gasteiger partial charge on any atom is 0.331 e. The average molecular weight is 611 g/mol. The molecule has 0 unspecified atom stereocenters. The van der Waals surface area contributed by atoms with Crippen molar-refractivity contribution in [1.82, 2.24) is 0 Å². The van der Waals surface area contributed by atoms with Crippen molar-refractivity contribution in [2.75, 3.05) is 6.61 Å². The lowest BCUT2D eigenvalue weighted by atomic mass is 9.59. The second-order valence-corrected chi connectivity index (χ2v) is 13.8. The SMILES string of the molecule is CCCCCCC/C=C/C=C/C=C\C(=O)O[C@@H]1[C@@H](C)[C@@]2(O)[C@@H](C=C(CO)C[C@]3(O)C(=O)C(C)=C[C@@H]23)[C@H]2C(C)(C)[C@]12OC(C)=O. The van der Waals surface area contributed by atoms with Crippen LogP contribution in [0.1, 0.15) is 86.5 Å². The van der Waals surface area contributed by atoms with E-state index in [-0.39, 0.29) is 6.42 Å². The first-order valence-electron chi connectivity index (χ1n) is 16.1. The fraction of sp³-hybridized carbons (Fsp3) is 0.639. The van der Waals surface area contributed by atoms with Gasteiger partial charge in [-0.3, -0.25) is 9.59 Å². The van der Waals surface area contributed by atoms with E-state index in [0.29, 0.717) is 11.1 Å². The topological polar surface area (TPSA) is 130 Å². The average Bonchev–Trinajstić information content (AvgIpc) is 3.38. The number of carbonyl (C=O) groups excluding carboxylic acids is 3. The molecule has 0 heterocycles. The molecule has 0 spiro atoms. The van der Waals surface area contributed by atoms with Crippen LogP contribution in [0.4, 0.5) is 0 Å². The summed E-state index contributed by atoms with van der Waals surface area (Å²) in [7, 11) is 0. The van der Waals surface area contributed by atoms with Crippen molar-refractivity contribution < 1.29 is 39.2 Å². The summed E-state index contributed by atoms with van der Waals surface area (Å²) in [6.45, 7) is 10.2. The molecule has 4 rings (SSSR count). The molecule has 0 bridgehead atoms. The van der Waals surface area contributed by atoms with Gasteiger partial charge in [0, 0.05) is 48.5 Å². The van der Waals surface area contributed by atoms with E-state index < -0.39 is 76.3 Å². The van der Waals surface area contributed by atoms with Crippen molar-refractivity contribution in [2.24, 2.45) is 29.1 Å². The third-order valence-corrected chi connectivity index (χ3v) is 10.7. The third kappa shape index (κ3) is 5.58. The normalized spacial score (nSPS) is 37.3. The first-order valence-corrected chi connectivity index (χ1v) is 16.1. The number of unbranched alkanes of at least 4 members (excludes halogenated alkanes) is 5. The zero-order chi connectivity index (χ0) is 32.5. The summed E-state index contributed by atoms with van der Waals surface area (Å²) in [4.78, 5) is 39.0. The highest BCUT2D eigenvalue weighted by Gasteiger charge is 2.87. The van der Waals surface area contributed by atoms with Crippen molar-refractivity contribution >= 4 is 17.7 Å². The van der Waals surface area contributed by atoms with Crippen LogP contribution < -0.4 is 0 Å². The molecule has 0 aromatic rings. The van der Waals surface area contributed by atoms with E-state index in [0.717, 1.165) is 12.8 Å². The minimum atomic E-state index is -1.96. The fourth-order valence-corrected chi connectivity index (χ4v) is 8.53. The number of hydrogen-bond donors (Lipinski definition) is 3. The Hall–Kier alpha value is -2.81. The second kappa shape index (κ2) is 12.9. The summed E-state index contributed by atoms with van der Waals surface area (Å²) < 4.78 is 12.1. The molecule has 242 valence electrons. The van der Waals surface area contributed by atoms with Crippen molar-refractivity contribution in [3.05, 3.63) is 59.8 Å². The Labute approximate surface area is 261 Å². The van der Waals surface area contributed by atoms with E-state index in [2.05, 4.69) is 13.0 Å². The number of hydrogen-bond acceptors (Lipinski definition) is 8. The molecule has 8 nitrogen and oxygen atoms in total. The monoisotopic (exact) mass is 610 g/mol. The molecular weight excluding hydrogens is 560 g/mol. The van der Waals surface area contributed by atoms with Crippen LogP contribution in [0.25, 0.3) is 0 Å². The first-order chi connectivity index (χ1) is 20.7. The number of fused-ring (bicyclic) bond motifs is 5. The highest BCUT2D eigenvalue weighted by molar-refractivity contribution is 6.04. The second-order valence-electron chi connectivity index (χ2n) is 13.8. The van der Waals surface area contributed by atoms with E-state index >= 15 is 0 Å². The molecular formula is C36H50O8. The van der Waals surface area contributed by atoms with Crippen LogP contribution in [-0.2, 0) is 23.9 Å². The van der Waals surface area contributed by atoms with E-state index in [1.807, 2.05) is 26.0 Å². The molecule has 4 aliphatic carbocycles. The van der Waals surface area contributed by atoms with E-state index in [9.17, 15) is 29.7 Å². The molecule has 2 fully saturated rings. The lowest BCUT2D eigenvalue weighted by Gasteiger charge is -2.53. The molecule has 0 aromatic carbocycles. The van der Waals surface area contributed by atoms with Crippen LogP contribution in [0.2, 0.25) is 0 Å². The quantitative estimate of drug-likeness (QED) is 0.0917. The van der Waals surface area contributed by atoms with Crippen molar-refractivity contribution in [3.8, 4) is 0 Å². The summed E-state index contributed by atoms with van der Waals surface area (Å²) >= 11 is 0. The van der Waals surface area contributed by atoms with Gasteiger partial charge in [-0.15, -0.1) is 0 Å². The molecule has 8 heteroatoms. The number of ether oxygens (including phenoxy) is 2. The Kier molecular flexibility index (Phi) is 9.98. The molecule has 0 aliphatic heterocycles. The number of Topliss-reactive ketones (excluding diaryl/α,β-unsaturated/α-hetero) is 1. The number of rotatable bonds is 12. The molecule has 0 radical (unpaired) electrons. The zero-order valence-electron chi connectivity index (χ0n) is 27.0. The maximum absolute atomic E-state index is 13.3. The Morgan fingerprint density at radius 1 is 1.05 bits per heavy atom. The summed E-state index contributed by atoms with van der Waals surface area (Å²) in [5.41, 5.74) is -4.95. The predicted molar refractivity (Wildman–Crippen MR) is 167 cm³/mol. The fourth-order valence-electron chi connectivity index (χ4n) is 8.53. The molecule has 4 aliphatic rings. The highest BCUT2D eigenvalue weighted by Crippen LogP contribution is 2.77. The van der Waals surface area contributed by atoms with E-state index in [1.54, 1.807) is 38.2 Å². The van der Waals surface area contributed by atoms with Gasteiger partial charge in [0.05, 0.1) is 12.2 Å². The van der Waals surface area contributed by atoms with Gasteiger partial charge in [-0.25, -0.2) is 4.79 Å². The van der Waals surface area contributed by atoms with E-state index in [1.165, 1.54) is 38.7 Å². The van der Waals surface area contributed by atoms with Gasteiger partial charge in [-0.05, 0) is 30.9 Å². The van der Waals surface area contributed by atoms with Crippen molar-refractivity contribution in [3.63, 3.8) is 0 Å². The molecule has 0 aromatic heterocycles. The Morgan fingerprint density at radius 3 is 2.39 bits per heavy atom. The highest BCUT2D eigenvalue weighted by atomic mass is 16.6. The number of aliphatic hydroxyl groups excluding tert-OH is 1. The minimum Gasteiger partial charge on any atom is -0.455 e. The third-order valence-electron chi connectivity index (χ3n) is 10.7. The van der Waals surface area contributed by atoms with Crippen LogP contribution >= 0.6 is 0 Å². The Morgan fingerprint density at radius 2 is 1.73 bits per heavy atom. The van der Waals surface area contributed by atoms with Gasteiger partial charge in [0.15, 0.2) is 11.4 Å². The first kappa shape index (κ1) is 34.1. The van der Waals surface area contributed by atoms with Gasteiger partial charge in [0.25, 0.3) is 0 Å². The van der Waals surface area contributed by atoms with Crippen LogP contribution in [0, 0.1) is 29.1 Å². The molecule has 3 N–H and O–H groups in total. The van der Waals surface area contributed by atoms with Crippen LogP contribution in [0.15, 0.2) is 59.8 Å². The molecule has 0 amide bonds. The summed E-state index contributed by atoms with van der Waals surface area (Å²) in [5.74, 6) is -4.79. The summed E-state index contributed by atoms with van der Waals surface area (Å²) in [6, 6.07) is 0. The van der Waals surface area contributed by atoms with Crippen LogP contribution in [-0.4, -0.2) is 62.6 Å². The number of ketones is 1. The number of carbonyl (C=O) groups is 3. The minimum absolute atomic E-state index is 0.132. The number of allylic oxidation sites excluding steroid dienone is 5. The lowest BCUT2D eigenvalue weighted by molar-refractivity contribution is -0.226. The Balaban J connectivity index is 1.61. The standard InChI is InChI=1S/C36H50O8/c1-7-8-9-10-11-12-13-14-15-16-17-18-29(39)43-32-24(3)35(42)27(30-33(5,6)36(30,32)44-25(4)38)20-26(22-37)21-34(41)28(35)19-23(2)31(34)40/h13-20,24,27-28,30,32,37,41-42H,7-12,21-22H2,1-6H3/b14-13+,16-15+,18-17-/t24-,27+,28-,30+,32-,34-,35-,36-/m1/s1. The smallest absolute Gasteiger partial charge is 0.331 e.